The number of rotatable bonds is 2. The highest BCUT2D eigenvalue weighted by Crippen LogP contribution is 2.19. The molecule has 112 valence electrons. The predicted molar refractivity (Wildman–Crippen MR) is 94.7 cm³/mol. The van der Waals surface area contributed by atoms with Crippen molar-refractivity contribution in [1.82, 2.24) is 9.97 Å². The van der Waals surface area contributed by atoms with Gasteiger partial charge < -0.3 is 20.6 Å². The second-order valence-corrected chi connectivity index (χ2v) is 5.57. The predicted octanol–water partition coefficient (Wildman–Crippen LogP) is 3.28. The van der Waals surface area contributed by atoms with Gasteiger partial charge in [-0.2, -0.15) is 0 Å². The van der Waals surface area contributed by atoms with Crippen LogP contribution in [0.25, 0.3) is 11.0 Å². The van der Waals surface area contributed by atoms with Crippen LogP contribution < -0.4 is 16.3 Å². The van der Waals surface area contributed by atoms with Crippen LogP contribution >= 0.6 is 12.2 Å². The number of H-pyrrole nitrogens is 2. The minimum atomic E-state index is -0.219. The van der Waals surface area contributed by atoms with Crippen LogP contribution in [0.5, 0.6) is 0 Å². The Balaban J connectivity index is 1.77. The van der Waals surface area contributed by atoms with Gasteiger partial charge >= 0.3 is 5.69 Å². The summed E-state index contributed by atoms with van der Waals surface area (Å²) in [6.07, 6.45) is 0. The van der Waals surface area contributed by atoms with E-state index in [1.165, 1.54) is 5.56 Å². The molecule has 1 aromatic heterocycles. The number of aromatic amines is 2. The Morgan fingerprint density at radius 3 is 2.64 bits per heavy atom. The summed E-state index contributed by atoms with van der Waals surface area (Å²) in [5.74, 6) is 0. The van der Waals surface area contributed by atoms with E-state index in [9.17, 15) is 4.79 Å². The van der Waals surface area contributed by atoms with Crippen molar-refractivity contribution in [2.45, 2.75) is 13.8 Å². The van der Waals surface area contributed by atoms with Crippen molar-refractivity contribution in [3.05, 3.63) is 58.0 Å². The van der Waals surface area contributed by atoms with Gasteiger partial charge in [-0.05, 0) is 61.5 Å². The number of thiocarbonyl (C=S) groups is 1. The molecule has 0 aliphatic rings. The third kappa shape index (κ3) is 2.87. The summed E-state index contributed by atoms with van der Waals surface area (Å²) >= 11 is 5.35. The Hall–Kier alpha value is -2.60. The smallest absolute Gasteiger partial charge is 0.323 e. The van der Waals surface area contributed by atoms with Gasteiger partial charge in [0.25, 0.3) is 0 Å². The first-order chi connectivity index (χ1) is 10.5. The van der Waals surface area contributed by atoms with Crippen LogP contribution in [0.15, 0.2) is 41.2 Å². The maximum Gasteiger partial charge on any atom is 0.323 e. The minimum Gasteiger partial charge on any atom is -0.332 e. The van der Waals surface area contributed by atoms with Gasteiger partial charge in [0.05, 0.1) is 11.0 Å². The molecule has 0 spiro atoms. The Kier molecular flexibility index (Phi) is 3.68. The van der Waals surface area contributed by atoms with Crippen LogP contribution in [0.1, 0.15) is 11.1 Å². The fourth-order valence-electron chi connectivity index (χ4n) is 2.28. The van der Waals surface area contributed by atoms with Crippen LogP contribution in [0.4, 0.5) is 11.4 Å². The molecule has 0 saturated heterocycles. The molecule has 3 rings (SSSR count). The first kappa shape index (κ1) is 14.3. The van der Waals surface area contributed by atoms with Gasteiger partial charge in [-0.25, -0.2) is 4.79 Å². The molecule has 1 heterocycles. The molecule has 0 atom stereocenters. The summed E-state index contributed by atoms with van der Waals surface area (Å²) in [6.45, 7) is 4.12. The molecular formula is C16H16N4OS. The lowest BCUT2D eigenvalue weighted by atomic mass is 10.1. The largest absolute Gasteiger partial charge is 0.332 e. The number of aryl methyl sites for hydroxylation is 1. The Bertz CT molecular complexity index is 910. The fraction of sp³-hybridized carbons (Fsp3) is 0.125. The normalized spacial score (nSPS) is 10.6. The molecule has 0 aliphatic carbocycles. The number of hydrogen-bond acceptors (Lipinski definition) is 2. The molecule has 4 N–H and O–H groups in total. The van der Waals surface area contributed by atoms with E-state index in [1.807, 2.05) is 30.3 Å². The van der Waals surface area contributed by atoms with Crippen LogP contribution in [-0.4, -0.2) is 15.1 Å². The number of fused-ring (bicyclic) bond motifs is 1. The molecule has 22 heavy (non-hydrogen) atoms. The molecule has 0 radical (unpaired) electrons. The molecule has 0 amide bonds. The summed E-state index contributed by atoms with van der Waals surface area (Å²) < 4.78 is 0. The van der Waals surface area contributed by atoms with Crippen molar-refractivity contribution < 1.29 is 0 Å². The van der Waals surface area contributed by atoms with Gasteiger partial charge in [0.15, 0.2) is 5.11 Å². The van der Waals surface area contributed by atoms with Crippen molar-refractivity contribution in [2.24, 2.45) is 0 Å². The number of aromatic nitrogens is 2. The Morgan fingerprint density at radius 2 is 1.82 bits per heavy atom. The number of benzene rings is 2. The number of hydrogen-bond donors (Lipinski definition) is 4. The molecular weight excluding hydrogens is 296 g/mol. The molecule has 2 aromatic carbocycles. The summed E-state index contributed by atoms with van der Waals surface area (Å²) in [5, 5.41) is 6.82. The zero-order valence-corrected chi connectivity index (χ0v) is 13.1. The summed E-state index contributed by atoms with van der Waals surface area (Å²) in [4.78, 5) is 16.7. The second-order valence-electron chi connectivity index (χ2n) is 5.17. The van der Waals surface area contributed by atoms with E-state index in [4.69, 9.17) is 12.2 Å². The highest BCUT2D eigenvalue weighted by Gasteiger charge is 2.05. The number of anilines is 2. The average molecular weight is 312 g/mol. The average Bonchev–Trinajstić information content (AvgIpc) is 2.83. The standard InChI is InChI=1S/C16H16N4OS/c1-9-4-3-5-12(10(9)2)20-16(22)17-11-6-7-13-14(8-11)19-15(21)18-13/h3-8H,1-2H3,(H2,17,20,22)(H2,18,19,21). The number of nitrogens with one attached hydrogen (secondary N) is 4. The molecule has 3 aromatic rings. The van der Waals surface area contributed by atoms with Crippen molar-refractivity contribution in [3.63, 3.8) is 0 Å². The van der Waals surface area contributed by atoms with Crippen LogP contribution in [0, 0.1) is 13.8 Å². The van der Waals surface area contributed by atoms with E-state index in [2.05, 4.69) is 40.5 Å². The van der Waals surface area contributed by atoms with Crippen molar-refractivity contribution in [3.8, 4) is 0 Å². The SMILES string of the molecule is Cc1cccc(NC(=S)Nc2ccc3[nH]c(=O)[nH]c3c2)c1C. The van der Waals surface area contributed by atoms with E-state index in [0.717, 1.165) is 28.0 Å². The lowest BCUT2D eigenvalue weighted by Crippen LogP contribution is -2.19. The first-order valence-corrected chi connectivity index (χ1v) is 7.30. The fourth-order valence-corrected chi connectivity index (χ4v) is 2.51. The van der Waals surface area contributed by atoms with E-state index in [-0.39, 0.29) is 5.69 Å². The topological polar surface area (TPSA) is 72.7 Å². The Morgan fingerprint density at radius 1 is 1.05 bits per heavy atom. The van der Waals surface area contributed by atoms with Crippen molar-refractivity contribution in [2.75, 3.05) is 10.6 Å². The third-order valence-corrected chi connectivity index (χ3v) is 3.83. The zero-order valence-electron chi connectivity index (χ0n) is 12.3. The summed E-state index contributed by atoms with van der Waals surface area (Å²) in [5.41, 5.74) is 5.45. The minimum absolute atomic E-state index is 0.219. The van der Waals surface area contributed by atoms with E-state index >= 15 is 0 Å². The molecule has 0 aliphatic heterocycles. The van der Waals surface area contributed by atoms with E-state index in [1.54, 1.807) is 0 Å². The van der Waals surface area contributed by atoms with Gasteiger partial charge in [0.2, 0.25) is 0 Å². The van der Waals surface area contributed by atoms with E-state index in [0.29, 0.717) is 5.11 Å². The van der Waals surface area contributed by atoms with Gasteiger partial charge in [0.1, 0.15) is 0 Å². The quantitative estimate of drug-likeness (QED) is 0.548. The van der Waals surface area contributed by atoms with Gasteiger partial charge in [0, 0.05) is 11.4 Å². The highest BCUT2D eigenvalue weighted by molar-refractivity contribution is 7.80. The molecule has 6 heteroatoms. The van der Waals surface area contributed by atoms with Gasteiger partial charge in [-0.15, -0.1) is 0 Å². The summed E-state index contributed by atoms with van der Waals surface area (Å²) in [6, 6.07) is 11.6. The highest BCUT2D eigenvalue weighted by atomic mass is 32.1. The van der Waals surface area contributed by atoms with Gasteiger partial charge in [-0.3, -0.25) is 0 Å². The second kappa shape index (κ2) is 5.65. The monoisotopic (exact) mass is 312 g/mol. The Labute approximate surface area is 132 Å². The lowest BCUT2D eigenvalue weighted by Gasteiger charge is -2.13. The van der Waals surface area contributed by atoms with Crippen molar-refractivity contribution in [1.29, 1.82) is 0 Å². The van der Waals surface area contributed by atoms with Crippen LogP contribution in [0.3, 0.4) is 0 Å². The first-order valence-electron chi connectivity index (χ1n) is 6.89. The van der Waals surface area contributed by atoms with Crippen LogP contribution in [0.2, 0.25) is 0 Å². The van der Waals surface area contributed by atoms with E-state index < -0.39 is 0 Å². The molecule has 0 fully saturated rings. The molecule has 5 nitrogen and oxygen atoms in total. The summed E-state index contributed by atoms with van der Waals surface area (Å²) in [7, 11) is 0. The maximum absolute atomic E-state index is 11.3. The van der Waals surface area contributed by atoms with Crippen molar-refractivity contribution >= 4 is 39.7 Å². The van der Waals surface area contributed by atoms with Crippen LogP contribution in [-0.2, 0) is 0 Å². The molecule has 0 bridgehead atoms. The molecule has 0 saturated carbocycles. The third-order valence-electron chi connectivity index (χ3n) is 3.63. The maximum atomic E-state index is 11.3. The van der Waals surface area contributed by atoms with Gasteiger partial charge in [-0.1, -0.05) is 12.1 Å². The molecule has 0 unspecified atom stereocenters. The zero-order chi connectivity index (χ0) is 15.7. The lowest BCUT2D eigenvalue weighted by molar-refractivity contribution is 1.22. The number of imidazole rings is 1.